The third-order valence-electron chi connectivity index (χ3n) is 2.49. The molecule has 0 saturated carbocycles. The van der Waals surface area contributed by atoms with E-state index in [9.17, 15) is 14.9 Å². The van der Waals surface area contributed by atoms with Crippen molar-refractivity contribution in [2.24, 2.45) is 0 Å². The molecular weight excluding hydrogens is 268 g/mol. The molecule has 1 aromatic rings. The number of halogens is 1. The van der Waals surface area contributed by atoms with Crippen LogP contribution in [-0.2, 0) is 0 Å². The van der Waals surface area contributed by atoms with Crippen LogP contribution >= 0.6 is 11.6 Å². The number of nitrogens with zero attached hydrogens (tertiary/aromatic N) is 1. The molecular formula is C13H13ClN2O3. The Labute approximate surface area is 116 Å². The summed E-state index contributed by atoms with van der Waals surface area (Å²) in [4.78, 5) is 22.0. The van der Waals surface area contributed by atoms with Gasteiger partial charge in [0.15, 0.2) is 0 Å². The molecule has 1 amide bonds. The van der Waals surface area contributed by atoms with Crippen LogP contribution in [0.5, 0.6) is 0 Å². The number of terminal acetylenes is 1. The molecule has 1 aromatic carbocycles. The molecule has 0 aliphatic rings. The molecule has 0 aliphatic heterocycles. The maximum absolute atomic E-state index is 11.9. The molecule has 6 heteroatoms. The van der Waals surface area contributed by atoms with E-state index in [0.717, 1.165) is 12.5 Å². The SMILES string of the molecule is C#CC(CCC)NC(=O)c1ccc(Cl)c([N+](=O)[O-])c1. The average Bonchev–Trinajstić information content (AvgIpc) is 2.38. The van der Waals surface area contributed by atoms with Crippen molar-refractivity contribution in [3.05, 3.63) is 38.9 Å². The summed E-state index contributed by atoms with van der Waals surface area (Å²) in [5, 5.41) is 13.4. The van der Waals surface area contributed by atoms with Gasteiger partial charge in [-0.15, -0.1) is 6.42 Å². The first-order valence-corrected chi connectivity index (χ1v) is 6.08. The van der Waals surface area contributed by atoms with Gasteiger partial charge in [-0.3, -0.25) is 14.9 Å². The highest BCUT2D eigenvalue weighted by Crippen LogP contribution is 2.25. The number of carbonyl (C=O) groups is 1. The monoisotopic (exact) mass is 280 g/mol. The van der Waals surface area contributed by atoms with E-state index in [1.54, 1.807) is 0 Å². The summed E-state index contributed by atoms with van der Waals surface area (Å²) < 4.78 is 0. The van der Waals surface area contributed by atoms with Crippen LogP contribution in [0.1, 0.15) is 30.1 Å². The minimum Gasteiger partial charge on any atom is -0.338 e. The Balaban J connectivity index is 2.92. The van der Waals surface area contributed by atoms with Crippen molar-refractivity contribution < 1.29 is 9.72 Å². The second kappa shape index (κ2) is 6.76. The Kier molecular flexibility index (Phi) is 5.34. The highest BCUT2D eigenvalue weighted by Gasteiger charge is 2.17. The molecule has 1 unspecified atom stereocenters. The molecule has 1 atom stereocenters. The summed E-state index contributed by atoms with van der Waals surface area (Å²) >= 11 is 5.67. The lowest BCUT2D eigenvalue weighted by Gasteiger charge is -2.11. The standard InChI is InChI=1S/C13H13ClN2O3/c1-3-5-10(4-2)15-13(17)9-6-7-11(14)12(8-9)16(18)19/h2,6-8,10H,3,5H2,1H3,(H,15,17). The Morgan fingerprint density at radius 3 is 2.84 bits per heavy atom. The van der Waals surface area contributed by atoms with E-state index in [1.165, 1.54) is 12.1 Å². The smallest absolute Gasteiger partial charge is 0.288 e. The van der Waals surface area contributed by atoms with Crippen LogP contribution in [0.3, 0.4) is 0 Å². The number of nitrogens with one attached hydrogen (secondary N) is 1. The molecule has 0 saturated heterocycles. The first kappa shape index (κ1) is 15.0. The number of hydrogen-bond donors (Lipinski definition) is 1. The minimum absolute atomic E-state index is 0.0105. The first-order chi connectivity index (χ1) is 8.99. The number of benzene rings is 1. The lowest BCUT2D eigenvalue weighted by molar-refractivity contribution is -0.384. The Morgan fingerprint density at radius 1 is 1.63 bits per heavy atom. The quantitative estimate of drug-likeness (QED) is 0.512. The molecule has 5 nitrogen and oxygen atoms in total. The Bertz CT molecular complexity index is 537. The fourth-order valence-corrected chi connectivity index (χ4v) is 1.71. The molecule has 1 rings (SSSR count). The first-order valence-electron chi connectivity index (χ1n) is 5.70. The van der Waals surface area contributed by atoms with E-state index >= 15 is 0 Å². The molecule has 0 heterocycles. The predicted molar refractivity (Wildman–Crippen MR) is 73.1 cm³/mol. The lowest BCUT2D eigenvalue weighted by atomic mass is 10.1. The number of nitro benzene ring substituents is 1. The maximum atomic E-state index is 11.9. The molecule has 100 valence electrons. The fraction of sp³-hybridized carbons (Fsp3) is 0.308. The van der Waals surface area contributed by atoms with Crippen LogP contribution in [0.15, 0.2) is 18.2 Å². The summed E-state index contributed by atoms with van der Waals surface area (Å²) in [6, 6.07) is 3.49. The van der Waals surface area contributed by atoms with Gasteiger partial charge in [-0.2, -0.15) is 0 Å². The summed E-state index contributed by atoms with van der Waals surface area (Å²) in [7, 11) is 0. The van der Waals surface area contributed by atoms with Crippen molar-refractivity contribution in [3.63, 3.8) is 0 Å². The Morgan fingerprint density at radius 2 is 2.32 bits per heavy atom. The van der Waals surface area contributed by atoms with Crippen LogP contribution < -0.4 is 5.32 Å². The number of hydrogen-bond acceptors (Lipinski definition) is 3. The minimum atomic E-state index is -0.635. The number of amides is 1. The number of nitro groups is 1. The van der Waals surface area contributed by atoms with Crippen molar-refractivity contribution in [2.45, 2.75) is 25.8 Å². The van der Waals surface area contributed by atoms with Gasteiger partial charge in [-0.1, -0.05) is 30.9 Å². The highest BCUT2D eigenvalue weighted by molar-refractivity contribution is 6.32. The second-order valence-electron chi connectivity index (χ2n) is 3.90. The molecule has 0 radical (unpaired) electrons. The zero-order chi connectivity index (χ0) is 14.4. The number of rotatable bonds is 5. The van der Waals surface area contributed by atoms with Gasteiger partial charge in [-0.05, 0) is 18.6 Å². The molecule has 1 N–H and O–H groups in total. The van der Waals surface area contributed by atoms with Gasteiger partial charge in [0.25, 0.3) is 11.6 Å². The van der Waals surface area contributed by atoms with E-state index in [1.807, 2.05) is 6.92 Å². The predicted octanol–water partition coefficient (Wildman–Crippen LogP) is 2.78. The summed E-state index contributed by atoms with van der Waals surface area (Å²) in [6.45, 7) is 1.95. The van der Waals surface area contributed by atoms with Crippen molar-refractivity contribution in [1.29, 1.82) is 0 Å². The zero-order valence-electron chi connectivity index (χ0n) is 10.4. The van der Waals surface area contributed by atoms with Gasteiger partial charge in [0.2, 0.25) is 0 Å². The van der Waals surface area contributed by atoms with Crippen molar-refractivity contribution in [3.8, 4) is 12.3 Å². The van der Waals surface area contributed by atoms with Gasteiger partial charge >= 0.3 is 0 Å². The highest BCUT2D eigenvalue weighted by atomic mass is 35.5. The second-order valence-corrected chi connectivity index (χ2v) is 4.31. The molecule has 0 aliphatic carbocycles. The van der Waals surface area contributed by atoms with E-state index < -0.39 is 10.8 Å². The third kappa shape index (κ3) is 3.97. The summed E-state index contributed by atoms with van der Waals surface area (Å²) in [6.07, 6.45) is 6.77. The molecule has 0 bridgehead atoms. The topological polar surface area (TPSA) is 72.2 Å². The van der Waals surface area contributed by atoms with E-state index in [4.69, 9.17) is 18.0 Å². The van der Waals surface area contributed by atoms with Crippen LogP contribution in [0, 0.1) is 22.5 Å². The van der Waals surface area contributed by atoms with Gasteiger partial charge < -0.3 is 5.32 Å². The summed E-state index contributed by atoms with van der Waals surface area (Å²) in [5.74, 6) is 2.01. The van der Waals surface area contributed by atoms with Gasteiger partial charge in [0.1, 0.15) is 5.02 Å². The molecule has 0 aromatic heterocycles. The number of carbonyl (C=O) groups excluding carboxylic acids is 1. The van der Waals surface area contributed by atoms with Crippen LogP contribution in [0.25, 0.3) is 0 Å². The zero-order valence-corrected chi connectivity index (χ0v) is 11.1. The van der Waals surface area contributed by atoms with Gasteiger partial charge in [0.05, 0.1) is 11.0 Å². The van der Waals surface area contributed by atoms with Crippen LogP contribution in [-0.4, -0.2) is 16.9 Å². The van der Waals surface area contributed by atoms with Crippen LogP contribution in [0.4, 0.5) is 5.69 Å². The molecule has 0 spiro atoms. The van der Waals surface area contributed by atoms with E-state index in [-0.39, 0.29) is 22.3 Å². The van der Waals surface area contributed by atoms with E-state index in [0.29, 0.717) is 6.42 Å². The van der Waals surface area contributed by atoms with Crippen molar-refractivity contribution in [2.75, 3.05) is 0 Å². The molecule has 0 fully saturated rings. The summed E-state index contributed by atoms with van der Waals surface area (Å²) in [5.41, 5.74) is -0.144. The third-order valence-corrected chi connectivity index (χ3v) is 2.81. The van der Waals surface area contributed by atoms with E-state index in [2.05, 4.69) is 11.2 Å². The Hall–Kier alpha value is -2.06. The average molecular weight is 281 g/mol. The largest absolute Gasteiger partial charge is 0.338 e. The maximum Gasteiger partial charge on any atom is 0.288 e. The van der Waals surface area contributed by atoms with Gasteiger partial charge in [0, 0.05) is 11.6 Å². The normalized spacial score (nSPS) is 11.4. The van der Waals surface area contributed by atoms with Crippen LogP contribution in [0.2, 0.25) is 5.02 Å². The molecule has 19 heavy (non-hydrogen) atoms. The van der Waals surface area contributed by atoms with Crippen molar-refractivity contribution >= 4 is 23.2 Å². The fourth-order valence-electron chi connectivity index (χ4n) is 1.52. The van der Waals surface area contributed by atoms with Gasteiger partial charge in [-0.25, -0.2) is 0 Å². The lowest BCUT2D eigenvalue weighted by Crippen LogP contribution is -2.33. The van der Waals surface area contributed by atoms with Crippen molar-refractivity contribution in [1.82, 2.24) is 5.32 Å².